The Morgan fingerprint density at radius 1 is 1.25 bits per heavy atom. The van der Waals surface area contributed by atoms with Crippen molar-refractivity contribution < 1.29 is 28.7 Å². The van der Waals surface area contributed by atoms with Crippen LogP contribution >= 0.6 is 0 Å². The number of ether oxygens (including phenoxy) is 3. The number of carbonyl (C=O) groups excluding carboxylic acids is 2. The molecule has 0 spiro atoms. The number of nitro groups is 1. The molecule has 9 heteroatoms. The Hall–Kier alpha value is -3.36. The van der Waals surface area contributed by atoms with E-state index >= 15 is 0 Å². The van der Waals surface area contributed by atoms with Gasteiger partial charge in [0.05, 0.1) is 28.6 Å². The second-order valence-electron chi connectivity index (χ2n) is 9.33. The molecule has 0 aromatic heterocycles. The highest BCUT2D eigenvalue weighted by Crippen LogP contribution is 2.51. The zero-order chi connectivity index (χ0) is 23.4. The molecule has 0 saturated carbocycles. The summed E-state index contributed by atoms with van der Waals surface area (Å²) in [7, 11) is 0. The molecular weight excluding hydrogens is 416 g/mol. The zero-order valence-corrected chi connectivity index (χ0v) is 18.7. The monoisotopic (exact) mass is 442 g/mol. The highest BCUT2D eigenvalue weighted by atomic mass is 16.7. The molecule has 2 unspecified atom stereocenters. The van der Waals surface area contributed by atoms with Crippen LogP contribution < -0.4 is 14.8 Å². The number of nitrogens with one attached hydrogen (secondary N) is 1. The molecular formula is C23H26N2O7. The fraction of sp³-hybridized carbons (Fsp3) is 0.478. The first-order valence-corrected chi connectivity index (χ1v) is 10.5. The van der Waals surface area contributed by atoms with Gasteiger partial charge in [-0.2, -0.15) is 0 Å². The number of fused-ring (bicyclic) bond motifs is 2. The van der Waals surface area contributed by atoms with Crippen molar-refractivity contribution in [3.8, 4) is 11.5 Å². The van der Waals surface area contributed by atoms with Gasteiger partial charge in [-0.05, 0) is 32.3 Å². The Labute approximate surface area is 185 Å². The molecule has 0 saturated heterocycles. The van der Waals surface area contributed by atoms with E-state index in [-0.39, 0.29) is 47.0 Å². The number of esters is 1. The number of rotatable bonds is 4. The zero-order valence-electron chi connectivity index (χ0n) is 18.7. The Morgan fingerprint density at radius 3 is 2.53 bits per heavy atom. The molecule has 0 amide bonds. The second kappa shape index (κ2) is 7.65. The first kappa shape index (κ1) is 21.9. The van der Waals surface area contributed by atoms with Crippen LogP contribution in [0.3, 0.4) is 0 Å². The molecule has 32 heavy (non-hydrogen) atoms. The number of nitro benzene ring substituents is 1. The van der Waals surface area contributed by atoms with Crippen molar-refractivity contribution in [2.45, 2.75) is 53.1 Å². The number of carbonyl (C=O) groups is 2. The lowest BCUT2D eigenvalue weighted by atomic mass is 9.66. The average Bonchev–Trinajstić information content (AvgIpc) is 3.11. The van der Waals surface area contributed by atoms with Crippen LogP contribution in [0.15, 0.2) is 35.2 Å². The summed E-state index contributed by atoms with van der Waals surface area (Å²) in [6.07, 6.45) is 1.83. The van der Waals surface area contributed by atoms with E-state index in [1.807, 2.05) is 19.9 Å². The van der Waals surface area contributed by atoms with Gasteiger partial charge in [-0.1, -0.05) is 19.9 Å². The minimum atomic E-state index is -0.896. The molecule has 2 aliphatic heterocycles. The van der Waals surface area contributed by atoms with Crippen molar-refractivity contribution in [1.29, 1.82) is 0 Å². The van der Waals surface area contributed by atoms with E-state index < -0.39 is 28.8 Å². The largest absolute Gasteiger partial charge is 0.460 e. The number of hydrogen-bond donors (Lipinski definition) is 1. The predicted molar refractivity (Wildman–Crippen MR) is 114 cm³/mol. The third-order valence-corrected chi connectivity index (χ3v) is 5.85. The number of nitrogens with zero attached hydrogens (tertiary/aromatic N) is 1. The molecule has 1 aromatic carbocycles. The molecule has 170 valence electrons. The van der Waals surface area contributed by atoms with E-state index in [2.05, 4.69) is 5.32 Å². The number of benzene rings is 1. The summed E-state index contributed by atoms with van der Waals surface area (Å²) in [6.45, 7) is 9.01. The molecule has 0 bridgehead atoms. The normalized spacial score (nSPS) is 23.4. The van der Waals surface area contributed by atoms with E-state index in [0.717, 1.165) is 0 Å². The Bertz CT molecular complexity index is 1080. The van der Waals surface area contributed by atoms with Crippen molar-refractivity contribution in [3.63, 3.8) is 0 Å². The van der Waals surface area contributed by atoms with Crippen LogP contribution in [0.25, 0.3) is 0 Å². The van der Waals surface area contributed by atoms with Crippen molar-refractivity contribution >= 4 is 17.4 Å². The van der Waals surface area contributed by atoms with E-state index in [0.29, 0.717) is 17.1 Å². The number of hydrogen-bond acceptors (Lipinski definition) is 8. The highest BCUT2D eigenvalue weighted by Gasteiger charge is 2.48. The van der Waals surface area contributed by atoms with Crippen LogP contribution in [0.1, 0.15) is 52.5 Å². The lowest BCUT2D eigenvalue weighted by Crippen LogP contribution is -2.44. The van der Waals surface area contributed by atoms with Crippen LogP contribution in [0.4, 0.5) is 5.69 Å². The van der Waals surface area contributed by atoms with Gasteiger partial charge in [-0.25, -0.2) is 4.79 Å². The summed E-state index contributed by atoms with van der Waals surface area (Å²) < 4.78 is 16.2. The van der Waals surface area contributed by atoms with Crippen molar-refractivity contribution in [2.75, 3.05) is 6.79 Å². The van der Waals surface area contributed by atoms with Gasteiger partial charge in [0, 0.05) is 29.3 Å². The third kappa shape index (κ3) is 3.72. The van der Waals surface area contributed by atoms with Crippen molar-refractivity contribution in [2.24, 2.45) is 11.3 Å². The molecule has 3 aliphatic rings. The van der Waals surface area contributed by atoms with E-state index in [1.54, 1.807) is 20.8 Å². The number of allylic oxidation sites excluding steroid dienone is 3. The number of ketones is 1. The maximum atomic E-state index is 13.4. The summed E-state index contributed by atoms with van der Waals surface area (Å²) in [4.78, 5) is 38.0. The van der Waals surface area contributed by atoms with Gasteiger partial charge in [-0.3, -0.25) is 14.9 Å². The molecule has 1 aromatic rings. The minimum Gasteiger partial charge on any atom is -0.460 e. The quantitative estimate of drug-likeness (QED) is 0.426. The second-order valence-corrected chi connectivity index (χ2v) is 9.33. The summed E-state index contributed by atoms with van der Waals surface area (Å²) in [5, 5.41) is 15.2. The molecule has 2 atom stereocenters. The lowest BCUT2D eigenvalue weighted by Gasteiger charge is -2.41. The van der Waals surface area contributed by atoms with Crippen LogP contribution in [0.2, 0.25) is 0 Å². The standard InChI is InChI=1S/C23H26N2O7/c1-11(2)32-22(27)19-12(3)24-14-8-23(4,5)9-16(26)21(14)20(19)13-6-17-18(31-10-30-17)7-15(13)25(28)29/h6-8,11,20-21,24H,9-10H2,1-5H3. The number of Topliss-reactive ketones (excluding diaryl/α,β-unsaturated/α-hetero) is 1. The summed E-state index contributed by atoms with van der Waals surface area (Å²) in [6, 6.07) is 2.80. The molecule has 0 radical (unpaired) electrons. The van der Waals surface area contributed by atoms with Crippen molar-refractivity contribution in [3.05, 3.63) is 50.9 Å². The molecule has 0 fully saturated rings. The van der Waals surface area contributed by atoms with E-state index in [4.69, 9.17) is 14.2 Å². The van der Waals surface area contributed by atoms with Crippen LogP contribution in [0, 0.1) is 21.4 Å². The molecule has 9 nitrogen and oxygen atoms in total. The topological polar surface area (TPSA) is 117 Å². The maximum Gasteiger partial charge on any atom is 0.336 e. The third-order valence-electron chi connectivity index (χ3n) is 5.85. The van der Waals surface area contributed by atoms with Gasteiger partial charge >= 0.3 is 5.97 Å². The molecule has 4 rings (SSSR count). The molecule has 1 aliphatic carbocycles. The van der Waals surface area contributed by atoms with Gasteiger partial charge < -0.3 is 19.5 Å². The van der Waals surface area contributed by atoms with Gasteiger partial charge in [-0.15, -0.1) is 0 Å². The Morgan fingerprint density at radius 2 is 1.91 bits per heavy atom. The van der Waals surface area contributed by atoms with Crippen LogP contribution in [-0.2, 0) is 14.3 Å². The van der Waals surface area contributed by atoms with Gasteiger partial charge in [0.1, 0.15) is 5.78 Å². The Kier molecular flexibility index (Phi) is 5.22. The van der Waals surface area contributed by atoms with Crippen LogP contribution in [-0.4, -0.2) is 29.6 Å². The highest BCUT2D eigenvalue weighted by molar-refractivity contribution is 5.97. The molecule has 2 heterocycles. The first-order chi connectivity index (χ1) is 15.0. The average molecular weight is 442 g/mol. The first-order valence-electron chi connectivity index (χ1n) is 10.5. The van der Waals surface area contributed by atoms with Gasteiger partial charge in [0.2, 0.25) is 6.79 Å². The maximum absolute atomic E-state index is 13.4. The van der Waals surface area contributed by atoms with Crippen molar-refractivity contribution in [1.82, 2.24) is 5.32 Å². The fourth-order valence-electron chi connectivity index (χ4n) is 4.70. The Balaban J connectivity index is 1.97. The minimum absolute atomic E-state index is 0.0546. The summed E-state index contributed by atoms with van der Waals surface area (Å²) in [5.41, 5.74) is 0.955. The smallest absolute Gasteiger partial charge is 0.336 e. The summed E-state index contributed by atoms with van der Waals surface area (Å²) >= 11 is 0. The van der Waals surface area contributed by atoms with E-state index in [1.165, 1.54) is 12.1 Å². The SMILES string of the molecule is CC1=C(C(=O)OC(C)C)C(c2cc3c(cc2[N+](=O)[O-])OCO3)C2C(=O)CC(C)(C)C=C2N1. The van der Waals surface area contributed by atoms with Gasteiger partial charge in [0.25, 0.3) is 5.69 Å². The molecule has 1 N–H and O–H groups in total. The van der Waals surface area contributed by atoms with Crippen LogP contribution in [0.5, 0.6) is 11.5 Å². The van der Waals surface area contributed by atoms with Gasteiger partial charge in [0.15, 0.2) is 11.5 Å². The lowest BCUT2D eigenvalue weighted by molar-refractivity contribution is -0.385. The summed E-state index contributed by atoms with van der Waals surface area (Å²) in [5.74, 6) is -1.79. The fourth-order valence-corrected chi connectivity index (χ4v) is 4.70. The predicted octanol–water partition coefficient (Wildman–Crippen LogP) is 3.74. The van der Waals surface area contributed by atoms with E-state index in [9.17, 15) is 19.7 Å².